The second kappa shape index (κ2) is 6.48. The van der Waals surface area contributed by atoms with E-state index in [0.29, 0.717) is 0 Å². The Kier molecular flexibility index (Phi) is 5.45. The van der Waals surface area contributed by atoms with Crippen molar-refractivity contribution in [3.8, 4) is 5.75 Å². The van der Waals surface area contributed by atoms with Gasteiger partial charge in [-0.15, -0.1) is 0 Å². The van der Waals surface area contributed by atoms with E-state index in [2.05, 4.69) is 4.74 Å². The Morgan fingerprint density at radius 3 is 1.65 bits per heavy atom. The number of hydrogen-bond donors (Lipinski definition) is 3. The number of benzene rings is 1. The van der Waals surface area contributed by atoms with Gasteiger partial charge in [-0.1, -0.05) is 0 Å². The summed E-state index contributed by atoms with van der Waals surface area (Å²) in [5.74, 6) is -12.0. The molecule has 0 aromatic heterocycles. The van der Waals surface area contributed by atoms with Gasteiger partial charge in [-0.3, -0.25) is 0 Å². The minimum Gasteiger partial charge on any atom is -0.487 e. The van der Waals surface area contributed by atoms with Gasteiger partial charge in [-0.25, -0.2) is 13.2 Å². The fourth-order valence-electron chi connectivity index (χ4n) is 1.35. The molecule has 0 bridgehead atoms. The Balaban J connectivity index is 2.66. The van der Waals surface area contributed by atoms with Crippen LogP contribution in [0.1, 0.15) is 12.8 Å². The second-order valence-electron chi connectivity index (χ2n) is 3.98. The van der Waals surface area contributed by atoms with Crippen molar-refractivity contribution in [1.82, 2.24) is 0 Å². The molecule has 0 spiro atoms. The topological polar surface area (TPSA) is 69.9 Å². The minimum absolute atomic E-state index is 0.0237. The van der Waals surface area contributed by atoms with E-state index in [0.717, 1.165) is 0 Å². The molecule has 0 amide bonds. The molecule has 1 rings (SSSR count). The van der Waals surface area contributed by atoms with Crippen LogP contribution in [0.5, 0.6) is 5.75 Å². The van der Waals surface area contributed by atoms with Gasteiger partial charge >= 0.3 is 8.80 Å². The largest absolute Gasteiger partial charge is 0.492 e. The van der Waals surface area contributed by atoms with E-state index in [4.69, 9.17) is 14.4 Å². The Labute approximate surface area is 111 Å². The summed E-state index contributed by atoms with van der Waals surface area (Å²) >= 11 is 0. The van der Waals surface area contributed by atoms with Gasteiger partial charge < -0.3 is 19.1 Å². The van der Waals surface area contributed by atoms with E-state index in [1.165, 1.54) is 0 Å². The van der Waals surface area contributed by atoms with E-state index < -0.39 is 50.2 Å². The Bertz CT molecular complexity index is 463. The van der Waals surface area contributed by atoms with Crippen LogP contribution in [0.2, 0.25) is 6.04 Å². The van der Waals surface area contributed by atoms with Crippen molar-refractivity contribution in [2.45, 2.75) is 18.9 Å². The third-order valence-electron chi connectivity index (χ3n) is 2.32. The van der Waals surface area contributed by atoms with Gasteiger partial charge in [0.1, 0.15) is 0 Å². The van der Waals surface area contributed by atoms with Crippen molar-refractivity contribution in [3.63, 3.8) is 0 Å². The van der Waals surface area contributed by atoms with Crippen molar-refractivity contribution in [2.75, 3.05) is 6.61 Å². The van der Waals surface area contributed by atoms with Gasteiger partial charge in [0.25, 0.3) is 0 Å². The lowest BCUT2D eigenvalue weighted by molar-refractivity contribution is 0.221. The summed E-state index contributed by atoms with van der Waals surface area (Å²) in [6.45, 7) is -0.414. The maximum atomic E-state index is 13.1. The summed E-state index contributed by atoms with van der Waals surface area (Å²) in [6.07, 6.45) is 0.0705. The highest BCUT2D eigenvalue weighted by molar-refractivity contribution is 6.56. The summed E-state index contributed by atoms with van der Waals surface area (Å²) in [5, 5.41) is 0. The lowest BCUT2D eigenvalue weighted by Crippen LogP contribution is -2.34. The maximum Gasteiger partial charge on any atom is 0.492 e. The molecule has 20 heavy (non-hydrogen) atoms. The first-order valence-electron chi connectivity index (χ1n) is 5.46. The zero-order valence-corrected chi connectivity index (χ0v) is 11.0. The Morgan fingerprint density at radius 1 is 0.750 bits per heavy atom. The molecule has 0 radical (unpaired) electrons. The summed E-state index contributed by atoms with van der Waals surface area (Å²) in [6, 6.07) is -0.326. The molecule has 0 aliphatic carbocycles. The van der Waals surface area contributed by atoms with Gasteiger partial charge in [-0.2, -0.15) is 8.78 Å². The summed E-state index contributed by atoms with van der Waals surface area (Å²) in [4.78, 5) is 26.0. The number of ether oxygens (including phenoxy) is 1. The van der Waals surface area contributed by atoms with E-state index in [9.17, 15) is 22.0 Å². The first-order valence-corrected chi connectivity index (χ1v) is 7.51. The average molecular weight is 318 g/mol. The number of rotatable bonds is 6. The van der Waals surface area contributed by atoms with Crippen molar-refractivity contribution in [3.05, 3.63) is 29.1 Å². The van der Waals surface area contributed by atoms with Gasteiger partial charge in [0.2, 0.25) is 29.1 Å². The highest BCUT2D eigenvalue weighted by Gasteiger charge is 2.27. The molecule has 0 aliphatic rings. The smallest absolute Gasteiger partial charge is 0.487 e. The van der Waals surface area contributed by atoms with Crippen molar-refractivity contribution in [1.29, 1.82) is 0 Å². The van der Waals surface area contributed by atoms with Crippen LogP contribution in [-0.4, -0.2) is 29.8 Å². The van der Waals surface area contributed by atoms with Crippen LogP contribution in [0.4, 0.5) is 22.0 Å². The first kappa shape index (κ1) is 16.8. The fourth-order valence-corrected chi connectivity index (χ4v) is 2.07. The van der Waals surface area contributed by atoms with Crippen LogP contribution in [0, 0.1) is 29.1 Å². The SMILES string of the molecule is O[Si](O)(O)CCCCOc1c(F)c(F)c(F)c(F)c1F. The quantitative estimate of drug-likeness (QED) is 0.244. The third-order valence-corrected chi connectivity index (χ3v) is 3.35. The zero-order chi connectivity index (χ0) is 15.5. The monoisotopic (exact) mass is 318 g/mol. The van der Waals surface area contributed by atoms with Crippen molar-refractivity contribution < 1.29 is 41.1 Å². The summed E-state index contributed by atoms with van der Waals surface area (Å²) in [5.41, 5.74) is 0. The molecule has 4 nitrogen and oxygen atoms in total. The molecule has 0 saturated heterocycles. The molecule has 3 N–H and O–H groups in total. The van der Waals surface area contributed by atoms with E-state index in [-0.39, 0.29) is 18.9 Å². The molecule has 0 fully saturated rings. The average Bonchev–Trinajstić information content (AvgIpc) is 2.36. The minimum atomic E-state index is -4.21. The second-order valence-corrected chi connectivity index (χ2v) is 6.03. The molecule has 1 aromatic carbocycles. The lowest BCUT2D eigenvalue weighted by Gasteiger charge is -2.11. The number of hydrogen-bond acceptors (Lipinski definition) is 4. The number of halogens is 5. The third kappa shape index (κ3) is 4.13. The number of unbranched alkanes of at least 4 members (excludes halogenated alkanes) is 1. The van der Waals surface area contributed by atoms with Gasteiger partial charge in [0.05, 0.1) is 6.61 Å². The normalized spacial score (nSPS) is 11.8. The molecular weight excluding hydrogens is 307 g/mol. The molecule has 0 heterocycles. The highest BCUT2D eigenvalue weighted by Crippen LogP contribution is 2.29. The molecule has 10 heteroatoms. The molecule has 114 valence electrons. The Hall–Kier alpha value is -1.23. The van der Waals surface area contributed by atoms with Crippen LogP contribution in [0.25, 0.3) is 0 Å². The molecule has 0 unspecified atom stereocenters. The maximum absolute atomic E-state index is 13.1. The van der Waals surface area contributed by atoms with E-state index in [1.807, 2.05) is 0 Å². The van der Waals surface area contributed by atoms with Crippen molar-refractivity contribution in [2.24, 2.45) is 0 Å². The summed E-state index contributed by atoms with van der Waals surface area (Å²) < 4.78 is 69.1. The standard InChI is InChI=1S/C10H11F5O4Si/c11-5-6(12)8(14)10(9(15)7(5)13)19-3-1-2-4-20(16,17)18/h16-18H,1-4H2. The molecule has 0 atom stereocenters. The predicted molar refractivity (Wildman–Crippen MR) is 58.2 cm³/mol. The fraction of sp³-hybridized carbons (Fsp3) is 0.400. The highest BCUT2D eigenvalue weighted by atomic mass is 28.4. The predicted octanol–water partition coefficient (Wildman–Crippen LogP) is 1.46. The van der Waals surface area contributed by atoms with E-state index >= 15 is 0 Å². The van der Waals surface area contributed by atoms with Gasteiger partial charge in [0.15, 0.2) is 5.75 Å². The van der Waals surface area contributed by atoms with Crippen LogP contribution in [0.15, 0.2) is 0 Å². The zero-order valence-electron chi connectivity index (χ0n) is 9.97. The molecule has 0 saturated carbocycles. The molecule has 0 aliphatic heterocycles. The molecular formula is C10H11F5O4Si. The van der Waals surface area contributed by atoms with Crippen LogP contribution in [-0.2, 0) is 0 Å². The van der Waals surface area contributed by atoms with Crippen LogP contribution < -0.4 is 4.74 Å². The van der Waals surface area contributed by atoms with Gasteiger partial charge in [-0.05, 0) is 12.8 Å². The van der Waals surface area contributed by atoms with Gasteiger partial charge in [0, 0.05) is 6.04 Å². The molecule has 1 aromatic rings. The van der Waals surface area contributed by atoms with E-state index in [1.54, 1.807) is 0 Å². The van der Waals surface area contributed by atoms with Crippen LogP contribution in [0.3, 0.4) is 0 Å². The van der Waals surface area contributed by atoms with Crippen LogP contribution >= 0.6 is 0 Å². The first-order chi connectivity index (χ1) is 9.15. The Morgan fingerprint density at radius 2 is 1.20 bits per heavy atom. The lowest BCUT2D eigenvalue weighted by atomic mass is 10.2. The van der Waals surface area contributed by atoms with Crippen molar-refractivity contribution >= 4 is 8.80 Å². The summed E-state index contributed by atoms with van der Waals surface area (Å²) in [7, 11) is -4.21.